The van der Waals surface area contributed by atoms with Gasteiger partial charge in [-0.3, -0.25) is 4.98 Å². The van der Waals surface area contributed by atoms with Crippen LogP contribution in [0.15, 0.2) is 22.9 Å². The van der Waals surface area contributed by atoms with Crippen molar-refractivity contribution in [3.8, 4) is 11.5 Å². The van der Waals surface area contributed by atoms with Gasteiger partial charge < -0.3 is 14.9 Å². The first-order valence-corrected chi connectivity index (χ1v) is 6.47. The van der Waals surface area contributed by atoms with Gasteiger partial charge in [-0.1, -0.05) is 18.1 Å². The highest BCUT2D eigenvalue weighted by molar-refractivity contribution is 5.53. The van der Waals surface area contributed by atoms with Gasteiger partial charge in [0.25, 0.3) is 0 Å². The molecule has 100 valence electrons. The molecule has 0 aliphatic carbocycles. The Morgan fingerprint density at radius 2 is 2.42 bits per heavy atom. The second-order valence-electron chi connectivity index (χ2n) is 4.67. The molecule has 6 nitrogen and oxygen atoms in total. The zero-order chi connectivity index (χ0) is 13.2. The zero-order valence-corrected chi connectivity index (χ0v) is 10.7. The molecule has 0 spiro atoms. The van der Waals surface area contributed by atoms with Gasteiger partial charge in [-0.05, 0) is 24.5 Å². The average Bonchev–Trinajstić information content (AvgIpc) is 3.07. The molecule has 2 N–H and O–H groups in total. The van der Waals surface area contributed by atoms with E-state index in [1.165, 1.54) is 0 Å². The summed E-state index contributed by atoms with van der Waals surface area (Å²) in [5.74, 6) is 1.02. The minimum Gasteiger partial charge on any atom is -0.392 e. The third-order valence-electron chi connectivity index (χ3n) is 3.33. The van der Waals surface area contributed by atoms with E-state index in [0.717, 1.165) is 17.7 Å². The van der Waals surface area contributed by atoms with Crippen LogP contribution in [-0.4, -0.2) is 32.9 Å². The Hall–Kier alpha value is -1.79. The van der Waals surface area contributed by atoms with Crippen molar-refractivity contribution in [3.05, 3.63) is 29.8 Å². The van der Waals surface area contributed by atoms with E-state index >= 15 is 0 Å². The molecule has 0 aromatic carbocycles. The number of aliphatic hydroxyl groups excluding tert-OH is 1. The summed E-state index contributed by atoms with van der Waals surface area (Å²) in [4.78, 5) is 8.71. The number of β-amino-alcohol motifs (C(OH)–C–C–N with tert-alkyl or cyclic N) is 1. The summed E-state index contributed by atoms with van der Waals surface area (Å²) in [6.07, 6.45) is 2.85. The number of nitrogens with zero attached hydrogens (tertiary/aromatic N) is 3. The van der Waals surface area contributed by atoms with Crippen molar-refractivity contribution in [1.82, 2.24) is 20.4 Å². The van der Waals surface area contributed by atoms with Gasteiger partial charge in [-0.2, -0.15) is 4.98 Å². The third-order valence-corrected chi connectivity index (χ3v) is 3.33. The topological polar surface area (TPSA) is 84.1 Å². The van der Waals surface area contributed by atoms with Crippen molar-refractivity contribution in [1.29, 1.82) is 0 Å². The first-order chi connectivity index (χ1) is 9.28. The fraction of sp³-hybridized carbons (Fsp3) is 0.462. The van der Waals surface area contributed by atoms with Crippen molar-refractivity contribution < 1.29 is 9.63 Å². The lowest BCUT2D eigenvalue weighted by Crippen LogP contribution is -2.15. The van der Waals surface area contributed by atoms with Crippen molar-refractivity contribution >= 4 is 0 Å². The van der Waals surface area contributed by atoms with E-state index in [-0.39, 0.29) is 12.1 Å². The van der Waals surface area contributed by atoms with Gasteiger partial charge in [-0.25, -0.2) is 0 Å². The number of aromatic nitrogens is 3. The molecule has 6 heteroatoms. The van der Waals surface area contributed by atoms with Gasteiger partial charge in [0.05, 0.1) is 12.1 Å². The summed E-state index contributed by atoms with van der Waals surface area (Å²) in [5, 5.41) is 16.6. The lowest BCUT2D eigenvalue weighted by Gasteiger charge is -2.02. The maximum atomic E-state index is 9.50. The third kappa shape index (κ3) is 2.36. The van der Waals surface area contributed by atoms with Crippen LogP contribution in [0.2, 0.25) is 0 Å². The Bertz CT molecular complexity index is 569. The summed E-state index contributed by atoms with van der Waals surface area (Å²) >= 11 is 0. The Balaban J connectivity index is 1.88. The van der Waals surface area contributed by atoms with E-state index in [2.05, 4.69) is 27.4 Å². The summed E-state index contributed by atoms with van der Waals surface area (Å²) in [6, 6.07) is 3.85. The highest BCUT2D eigenvalue weighted by Gasteiger charge is 2.28. The molecule has 0 unspecified atom stereocenters. The van der Waals surface area contributed by atoms with E-state index in [1.807, 2.05) is 12.1 Å². The van der Waals surface area contributed by atoms with E-state index in [0.29, 0.717) is 24.7 Å². The Labute approximate surface area is 110 Å². The summed E-state index contributed by atoms with van der Waals surface area (Å²) in [7, 11) is 0. The van der Waals surface area contributed by atoms with Gasteiger partial charge >= 0.3 is 0 Å². The molecule has 2 aromatic heterocycles. The van der Waals surface area contributed by atoms with Gasteiger partial charge in [0.15, 0.2) is 0 Å². The number of aryl methyl sites for hydroxylation is 1. The zero-order valence-electron chi connectivity index (χ0n) is 10.7. The van der Waals surface area contributed by atoms with Gasteiger partial charge in [-0.15, -0.1) is 0 Å². The number of hydrogen-bond donors (Lipinski definition) is 2. The molecule has 2 atom stereocenters. The van der Waals surface area contributed by atoms with E-state index < -0.39 is 0 Å². The van der Waals surface area contributed by atoms with Gasteiger partial charge in [0.1, 0.15) is 5.69 Å². The normalized spacial score (nSPS) is 22.8. The molecule has 0 radical (unpaired) electrons. The monoisotopic (exact) mass is 260 g/mol. The quantitative estimate of drug-likeness (QED) is 0.859. The average molecular weight is 260 g/mol. The van der Waals surface area contributed by atoms with Crippen LogP contribution >= 0.6 is 0 Å². The maximum absolute atomic E-state index is 9.50. The van der Waals surface area contributed by atoms with Crippen molar-refractivity contribution in [2.45, 2.75) is 31.9 Å². The molecule has 3 heterocycles. The lowest BCUT2D eigenvalue weighted by molar-refractivity contribution is 0.191. The summed E-state index contributed by atoms with van der Waals surface area (Å²) < 4.78 is 5.28. The number of nitrogens with one attached hydrogen (secondary N) is 1. The Morgan fingerprint density at radius 3 is 3.16 bits per heavy atom. The van der Waals surface area contributed by atoms with Crippen LogP contribution in [0.25, 0.3) is 11.5 Å². The van der Waals surface area contributed by atoms with E-state index in [1.54, 1.807) is 6.20 Å². The minimum absolute atomic E-state index is 0.0648. The summed E-state index contributed by atoms with van der Waals surface area (Å²) in [6.45, 7) is 2.63. The van der Waals surface area contributed by atoms with Crippen LogP contribution in [0.4, 0.5) is 0 Å². The largest absolute Gasteiger partial charge is 0.392 e. The molecule has 1 fully saturated rings. The van der Waals surface area contributed by atoms with Crippen molar-refractivity contribution in [2.24, 2.45) is 0 Å². The number of rotatable bonds is 3. The van der Waals surface area contributed by atoms with Gasteiger partial charge in [0.2, 0.25) is 11.7 Å². The van der Waals surface area contributed by atoms with Crippen LogP contribution in [-0.2, 0) is 6.42 Å². The molecule has 1 aliphatic heterocycles. The number of pyridine rings is 1. The number of aliphatic hydroxyl groups is 1. The SMILES string of the molecule is CCc1cccnc1-c1noc([C@H]2C[C@@H](O)CN2)n1. The lowest BCUT2D eigenvalue weighted by atomic mass is 10.1. The molecule has 1 aliphatic rings. The van der Waals surface area contributed by atoms with Crippen molar-refractivity contribution in [3.63, 3.8) is 0 Å². The second-order valence-corrected chi connectivity index (χ2v) is 4.67. The Morgan fingerprint density at radius 1 is 1.53 bits per heavy atom. The van der Waals surface area contributed by atoms with Crippen molar-refractivity contribution in [2.75, 3.05) is 6.54 Å². The van der Waals surface area contributed by atoms with Gasteiger partial charge in [0, 0.05) is 12.7 Å². The Kier molecular flexibility index (Phi) is 3.27. The smallest absolute Gasteiger partial charge is 0.244 e. The predicted octanol–water partition coefficient (Wildman–Crippen LogP) is 1.09. The fourth-order valence-electron chi connectivity index (χ4n) is 2.30. The highest BCUT2D eigenvalue weighted by atomic mass is 16.5. The first kappa shape index (κ1) is 12.3. The van der Waals surface area contributed by atoms with E-state index in [4.69, 9.17) is 4.52 Å². The fourth-order valence-corrected chi connectivity index (χ4v) is 2.30. The molecule has 19 heavy (non-hydrogen) atoms. The van der Waals surface area contributed by atoms with Crippen LogP contribution in [0.5, 0.6) is 0 Å². The van der Waals surface area contributed by atoms with Crippen LogP contribution in [0.1, 0.15) is 30.8 Å². The second kappa shape index (κ2) is 5.07. The molecule has 0 saturated carbocycles. The minimum atomic E-state index is -0.346. The highest BCUT2D eigenvalue weighted by Crippen LogP contribution is 2.25. The molecule has 0 amide bonds. The molecular formula is C13H16N4O2. The standard InChI is InChI=1S/C13H16N4O2/c1-2-8-4-3-5-14-11(8)12-16-13(19-17-12)10-6-9(18)7-15-10/h3-5,9-10,15,18H,2,6-7H2,1H3/t9-,10-/m1/s1. The van der Waals surface area contributed by atoms with E-state index in [9.17, 15) is 5.11 Å². The maximum Gasteiger partial charge on any atom is 0.244 e. The molecule has 2 aromatic rings. The van der Waals surface area contributed by atoms with Crippen LogP contribution < -0.4 is 5.32 Å². The first-order valence-electron chi connectivity index (χ1n) is 6.47. The molecular weight excluding hydrogens is 244 g/mol. The van der Waals surface area contributed by atoms with Crippen LogP contribution in [0.3, 0.4) is 0 Å². The molecule has 0 bridgehead atoms. The number of hydrogen-bond acceptors (Lipinski definition) is 6. The molecule has 3 rings (SSSR count). The van der Waals surface area contributed by atoms with Crippen LogP contribution in [0, 0.1) is 0 Å². The summed E-state index contributed by atoms with van der Waals surface area (Å²) in [5.41, 5.74) is 1.85. The molecule has 1 saturated heterocycles. The predicted molar refractivity (Wildman–Crippen MR) is 68.3 cm³/mol.